The van der Waals surface area contributed by atoms with E-state index in [1.165, 1.54) is 17.4 Å². The summed E-state index contributed by atoms with van der Waals surface area (Å²) in [5, 5.41) is 13.7. The highest BCUT2D eigenvalue weighted by Gasteiger charge is 2.10. The summed E-state index contributed by atoms with van der Waals surface area (Å²) in [4.78, 5) is 22.3. The van der Waals surface area contributed by atoms with Crippen LogP contribution in [0.3, 0.4) is 0 Å². The number of carboxylic acids is 1. The van der Waals surface area contributed by atoms with Gasteiger partial charge in [-0.3, -0.25) is 4.79 Å². The molecule has 7 heteroatoms. The number of aliphatic carboxylic acids is 1. The number of hydrogen-bond donors (Lipinski definition) is 2. The molecule has 3 rings (SSSR count). The van der Waals surface area contributed by atoms with Gasteiger partial charge in [0.15, 0.2) is 0 Å². The number of carbonyl (C=O) groups is 1. The molecule has 6 nitrogen and oxygen atoms in total. The highest BCUT2D eigenvalue weighted by atomic mass is 32.2. The standard InChI is InChI=1S/C20H22N4O2S/c1-3-24(4-2)15-11-9-14(10-12-15)21-20-22-17-8-6-5-7-16(17)19(23-20)27-13-18(25)26/h5-12H,3-4,13H2,1-2H3,(H,25,26)(H,21,22,23). The molecule has 1 aromatic heterocycles. The van der Waals surface area contributed by atoms with Crippen LogP contribution in [0.1, 0.15) is 13.8 Å². The van der Waals surface area contributed by atoms with E-state index in [0.29, 0.717) is 11.0 Å². The number of rotatable bonds is 8. The van der Waals surface area contributed by atoms with E-state index in [9.17, 15) is 4.79 Å². The maximum Gasteiger partial charge on any atom is 0.313 e. The molecule has 0 fully saturated rings. The molecule has 140 valence electrons. The molecule has 0 aliphatic heterocycles. The first-order valence-electron chi connectivity index (χ1n) is 8.84. The van der Waals surface area contributed by atoms with Crippen LogP contribution in [-0.4, -0.2) is 39.9 Å². The van der Waals surface area contributed by atoms with Crippen molar-refractivity contribution in [3.05, 3.63) is 48.5 Å². The van der Waals surface area contributed by atoms with E-state index >= 15 is 0 Å². The van der Waals surface area contributed by atoms with Gasteiger partial charge in [-0.1, -0.05) is 30.0 Å². The van der Waals surface area contributed by atoms with Gasteiger partial charge in [-0.05, 0) is 44.2 Å². The first-order chi connectivity index (χ1) is 13.1. The smallest absolute Gasteiger partial charge is 0.313 e. The lowest BCUT2D eigenvalue weighted by Gasteiger charge is -2.21. The minimum Gasteiger partial charge on any atom is -0.481 e. The van der Waals surface area contributed by atoms with E-state index < -0.39 is 5.97 Å². The summed E-state index contributed by atoms with van der Waals surface area (Å²) < 4.78 is 0. The zero-order chi connectivity index (χ0) is 19.2. The molecule has 0 amide bonds. The fraction of sp³-hybridized carbons (Fsp3) is 0.250. The van der Waals surface area contributed by atoms with Gasteiger partial charge in [0.25, 0.3) is 0 Å². The number of nitrogens with zero attached hydrogens (tertiary/aromatic N) is 3. The Morgan fingerprint density at radius 2 is 1.78 bits per heavy atom. The molecule has 2 N–H and O–H groups in total. The van der Waals surface area contributed by atoms with E-state index in [4.69, 9.17) is 5.11 Å². The van der Waals surface area contributed by atoms with Crippen LogP contribution in [0.25, 0.3) is 10.9 Å². The summed E-state index contributed by atoms with van der Waals surface area (Å²) in [5.74, 6) is -0.458. The largest absolute Gasteiger partial charge is 0.481 e. The van der Waals surface area contributed by atoms with Crippen molar-refractivity contribution in [2.24, 2.45) is 0 Å². The molecule has 3 aromatic rings. The number of aromatic nitrogens is 2. The van der Waals surface area contributed by atoms with Crippen molar-refractivity contribution in [3.63, 3.8) is 0 Å². The van der Waals surface area contributed by atoms with Crippen molar-refractivity contribution in [1.29, 1.82) is 0 Å². The van der Waals surface area contributed by atoms with Crippen LogP contribution in [0.5, 0.6) is 0 Å². The van der Waals surface area contributed by atoms with E-state index in [-0.39, 0.29) is 5.75 Å². The van der Waals surface area contributed by atoms with Crippen molar-refractivity contribution >= 4 is 46.0 Å². The highest BCUT2D eigenvalue weighted by molar-refractivity contribution is 8.00. The maximum absolute atomic E-state index is 10.9. The van der Waals surface area contributed by atoms with Crippen LogP contribution in [0.2, 0.25) is 0 Å². The second kappa shape index (κ2) is 8.73. The predicted octanol–water partition coefficient (Wildman–Crippen LogP) is 4.40. The molecular formula is C20H22N4O2S. The topological polar surface area (TPSA) is 78.4 Å². The monoisotopic (exact) mass is 382 g/mol. The van der Waals surface area contributed by atoms with Crippen LogP contribution in [-0.2, 0) is 4.79 Å². The molecule has 0 saturated carbocycles. The molecular weight excluding hydrogens is 360 g/mol. The molecule has 0 saturated heterocycles. The van der Waals surface area contributed by atoms with Crippen LogP contribution >= 0.6 is 11.8 Å². The lowest BCUT2D eigenvalue weighted by atomic mass is 10.2. The summed E-state index contributed by atoms with van der Waals surface area (Å²) in [7, 11) is 0. The summed E-state index contributed by atoms with van der Waals surface area (Å²) in [6, 6.07) is 15.7. The molecule has 0 aliphatic carbocycles. The lowest BCUT2D eigenvalue weighted by molar-refractivity contribution is -0.133. The van der Waals surface area contributed by atoms with Gasteiger partial charge in [-0.15, -0.1) is 0 Å². The Morgan fingerprint density at radius 3 is 2.44 bits per heavy atom. The van der Waals surface area contributed by atoms with Crippen LogP contribution < -0.4 is 10.2 Å². The van der Waals surface area contributed by atoms with Gasteiger partial charge in [0.05, 0.1) is 11.3 Å². The Hall–Kier alpha value is -2.80. The summed E-state index contributed by atoms with van der Waals surface area (Å²) >= 11 is 1.20. The third-order valence-corrected chi connectivity index (χ3v) is 5.13. The minimum atomic E-state index is -0.871. The first-order valence-corrected chi connectivity index (χ1v) is 9.82. The summed E-state index contributed by atoms with van der Waals surface area (Å²) in [5.41, 5.74) is 2.83. The van der Waals surface area contributed by atoms with E-state index in [2.05, 4.69) is 46.2 Å². The SMILES string of the molecule is CCN(CC)c1ccc(Nc2nc(SCC(=O)O)c3ccccc3n2)cc1. The number of thioether (sulfide) groups is 1. The summed E-state index contributed by atoms with van der Waals surface area (Å²) in [6.07, 6.45) is 0. The number of hydrogen-bond acceptors (Lipinski definition) is 6. The lowest BCUT2D eigenvalue weighted by Crippen LogP contribution is -2.21. The van der Waals surface area contributed by atoms with Gasteiger partial charge in [0, 0.05) is 29.9 Å². The predicted molar refractivity (Wildman–Crippen MR) is 111 cm³/mol. The zero-order valence-corrected chi connectivity index (χ0v) is 16.2. The van der Waals surface area contributed by atoms with Crippen molar-refractivity contribution in [2.45, 2.75) is 18.9 Å². The average molecular weight is 382 g/mol. The third kappa shape index (κ3) is 4.68. The Bertz CT molecular complexity index is 927. The molecule has 0 aliphatic rings. The highest BCUT2D eigenvalue weighted by Crippen LogP contribution is 2.28. The van der Waals surface area contributed by atoms with Gasteiger partial charge in [-0.2, -0.15) is 0 Å². The Kier molecular flexibility index (Phi) is 6.13. The summed E-state index contributed by atoms with van der Waals surface area (Å²) in [6.45, 7) is 6.19. The molecule has 0 radical (unpaired) electrons. The number of benzene rings is 2. The molecule has 0 bridgehead atoms. The fourth-order valence-electron chi connectivity index (χ4n) is 2.82. The number of nitrogens with one attached hydrogen (secondary N) is 1. The third-order valence-electron chi connectivity index (χ3n) is 4.15. The molecule has 0 atom stereocenters. The van der Waals surface area contributed by atoms with Crippen molar-refractivity contribution in [1.82, 2.24) is 9.97 Å². The Balaban J connectivity index is 1.87. The number of carboxylic acid groups (broad SMARTS) is 1. The van der Waals surface area contributed by atoms with Gasteiger partial charge >= 0.3 is 5.97 Å². The Labute approximate surface area is 162 Å². The second-order valence-corrected chi connectivity index (χ2v) is 6.86. The van der Waals surface area contributed by atoms with Gasteiger partial charge in [0.1, 0.15) is 5.03 Å². The quantitative estimate of drug-likeness (QED) is 0.442. The first kappa shape index (κ1) is 19.0. The van der Waals surface area contributed by atoms with Crippen LogP contribution in [0, 0.1) is 0 Å². The fourth-order valence-corrected chi connectivity index (χ4v) is 3.56. The number of anilines is 3. The van der Waals surface area contributed by atoms with E-state index in [0.717, 1.165) is 29.7 Å². The van der Waals surface area contributed by atoms with Gasteiger partial charge < -0.3 is 15.3 Å². The molecule has 0 spiro atoms. The molecule has 0 unspecified atom stereocenters. The normalized spacial score (nSPS) is 10.7. The van der Waals surface area contributed by atoms with Crippen molar-refractivity contribution in [2.75, 3.05) is 29.1 Å². The van der Waals surface area contributed by atoms with E-state index in [1.807, 2.05) is 36.4 Å². The Morgan fingerprint density at radius 1 is 1.07 bits per heavy atom. The van der Waals surface area contributed by atoms with Crippen molar-refractivity contribution in [3.8, 4) is 0 Å². The second-order valence-electron chi connectivity index (χ2n) is 5.90. The maximum atomic E-state index is 10.9. The number of fused-ring (bicyclic) bond motifs is 1. The van der Waals surface area contributed by atoms with Gasteiger partial charge in [0.2, 0.25) is 5.95 Å². The minimum absolute atomic E-state index is 0.0426. The molecule has 27 heavy (non-hydrogen) atoms. The van der Waals surface area contributed by atoms with Crippen molar-refractivity contribution < 1.29 is 9.90 Å². The van der Waals surface area contributed by atoms with Crippen LogP contribution in [0.15, 0.2) is 53.6 Å². The molecule has 2 aromatic carbocycles. The average Bonchev–Trinajstić information content (AvgIpc) is 2.68. The molecule has 1 heterocycles. The van der Waals surface area contributed by atoms with Crippen LogP contribution in [0.4, 0.5) is 17.3 Å². The zero-order valence-electron chi connectivity index (χ0n) is 15.3. The van der Waals surface area contributed by atoms with Gasteiger partial charge in [-0.25, -0.2) is 9.97 Å². The number of para-hydroxylation sites is 1. The van der Waals surface area contributed by atoms with E-state index in [1.54, 1.807) is 0 Å².